The number of nitrogens with one attached hydrogen (secondary N) is 1. The summed E-state index contributed by atoms with van der Waals surface area (Å²) in [5.74, 6) is 0.481. The molecule has 0 saturated heterocycles. The van der Waals surface area contributed by atoms with Crippen LogP contribution in [0.1, 0.15) is 39.4 Å². The van der Waals surface area contributed by atoms with Crippen LogP contribution in [-0.4, -0.2) is 39.0 Å². The molecule has 0 aliphatic carbocycles. The molecule has 0 fully saturated rings. The molecule has 0 radical (unpaired) electrons. The number of hydrogen-bond acceptors (Lipinski definition) is 5. The molecule has 0 saturated carbocycles. The molecule has 0 atom stereocenters. The van der Waals surface area contributed by atoms with Gasteiger partial charge in [0.25, 0.3) is 0 Å². The summed E-state index contributed by atoms with van der Waals surface area (Å²) in [4.78, 5) is 23.5. The Labute approximate surface area is 199 Å². The Morgan fingerprint density at radius 3 is 2.66 bits per heavy atom. The minimum absolute atomic E-state index is 0.0626. The number of alkyl carbamates (subject to hydrolysis) is 1. The Balaban J connectivity index is 1.94. The summed E-state index contributed by atoms with van der Waals surface area (Å²) in [6.45, 7) is 5.76. The van der Waals surface area contributed by atoms with Crippen LogP contribution in [0.15, 0.2) is 41.5 Å². The Hall–Kier alpha value is -3.79. The number of halogens is 3. The van der Waals surface area contributed by atoms with Crippen molar-refractivity contribution in [3.8, 4) is 0 Å². The predicted octanol–water partition coefficient (Wildman–Crippen LogP) is 6.49. The fourth-order valence-corrected chi connectivity index (χ4v) is 3.53. The number of amides is 1. The van der Waals surface area contributed by atoms with E-state index in [2.05, 4.69) is 25.3 Å². The van der Waals surface area contributed by atoms with Crippen molar-refractivity contribution in [2.45, 2.75) is 58.4 Å². The molecule has 1 aromatic carbocycles. The van der Waals surface area contributed by atoms with E-state index in [1.807, 2.05) is 12.1 Å². The molecule has 1 N–H and O–H groups in total. The number of para-hydroxylation sites is 1. The average Bonchev–Trinajstić information content (AvgIpc) is 3.10. The Morgan fingerprint density at radius 1 is 1.23 bits per heavy atom. The first-order chi connectivity index (χ1) is 16.5. The molecule has 0 bridgehead atoms. The van der Waals surface area contributed by atoms with Gasteiger partial charge >= 0.3 is 12.3 Å². The van der Waals surface area contributed by atoms with Gasteiger partial charge < -0.3 is 14.6 Å². The highest BCUT2D eigenvalue weighted by atomic mass is 19.4. The fraction of sp³-hybridized carbons (Fsp3) is 0.435. The lowest BCUT2D eigenvalue weighted by Crippen LogP contribution is -2.32. The largest absolute Gasteiger partial charge is 0.444 e. The van der Waals surface area contributed by atoms with Crippen LogP contribution in [0.5, 0.6) is 0 Å². The summed E-state index contributed by atoms with van der Waals surface area (Å²) in [7, 11) is 0. The maximum atomic E-state index is 12.7. The zero-order chi connectivity index (χ0) is 25.6. The van der Waals surface area contributed by atoms with Crippen LogP contribution in [0.2, 0.25) is 0 Å². The number of benzene rings is 1. The van der Waals surface area contributed by atoms with Crippen molar-refractivity contribution >= 4 is 33.8 Å². The van der Waals surface area contributed by atoms with Crippen LogP contribution in [0.25, 0.3) is 32.4 Å². The molecule has 0 aliphatic rings. The molecule has 0 aliphatic heterocycles. The van der Waals surface area contributed by atoms with Gasteiger partial charge in [0.2, 0.25) is 0 Å². The first-order valence-electron chi connectivity index (χ1n) is 11.0. The number of carbonyl (C=O) groups excluding carboxylic acids is 1. The molecule has 186 valence electrons. The Morgan fingerprint density at radius 2 is 1.97 bits per heavy atom. The fourth-order valence-electron chi connectivity index (χ4n) is 3.53. The summed E-state index contributed by atoms with van der Waals surface area (Å²) in [5, 5.41) is 7.00. The standard InChI is InChI=1S/C23H26F3N7O2/c1-22(2,3)35-21(34)28-13-6-7-14-33-17(11-8-12-23(24,25)26)30-18-19(33)15-9-4-5-10-16(15)29-20(18)31-32-27/h4-7,9-10H,8,11-14H2,1-3H3,(H,28,34)/b7-6+. The Kier molecular flexibility index (Phi) is 7.85. The second kappa shape index (κ2) is 10.6. The smallest absolute Gasteiger partial charge is 0.407 e. The monoisotopic (exact) mass is 489 g/mol. The SMILES string of the molecule is CC(C)(C)OC(=O)NC/C=C/Cn1c(CCCC(F)(F)F)nc2c(N=[N+]=[N-])nc3ccccc3c21. The molecule has 1 amide bonds. The molecule has 2 heterocycles. The van der Waals surface area contributed by atoms with E-state index >= 15 is 0 Å². The van der Waals surface area contributed by atoms with Gasteiger partial charge in [0.1, 0.15) is 16.9 Å². The zero-order valence-electron chi connectivity index (χ0n) is 19.6. The van der Waals surface area contributed by atoms with Crippen LogP contribution >= 0.6 is 0 Å². The van der Waals surface area contributed by atoms with Crippen molar-refractivity contribution in [2.24, 2.45) is 5.11 Å². The van der Waals surface area contributed by atoms with E-state index in [9.17, 15) is 18.0 Å². The highest BCUT2D eigenvalue weighted by molar-refractivity contribution is 6.06. The van der Waals surface area contributed by atoms with Gasteiger partial charge in [0.15, 0.2) is 5.82 Å². The van der Waals surface area contributed by atoms with Gasteiger partial charge in [-0.3, -0.25) is 0 Å². The summed E-state index contributed by atoms with van der Waals surface area (Å²) in [5.41, 5.74) is 9.87. The third-order valence-corrected chi connectivity index (χ3v) is 4.86. The number of azide groups is 1. The quantitative estimate of drug-likeness (QED) is 0.168. The van der Waals surface area contributed by atoms with Gasteiger partial charge in [0.05, 0.1) is 11.0 Å². The van der Waals surface area contributed by atoms with Crippen LogP contribution in [0, 0.1) is 0 Å². The van der Waals surface area contributed by atoms with Crippen molar-refractivity contribution in [1.82, 2.24) is 19.9 Å². The lowest BCUT2D eigenvalue weighted by molar-refractivity contribution is -0.135. The van der Waals surface area contributed by atoms with E-state index in [0.717, 1.165) is 5.39 Å². The molecule has 12 heteroatoms. The van der Waals surface area contributed by atoms with Gasteiger partial charge in [-0.15, -0.1) is 0 Å². The summed E-state index contributed by atoms with van der Waals surface area (Å²) in [6.07, 6.45) is -2.34. The number of ether oxygens (including phenoxy) is 1. The lowest BCUT2D eigenvalue weighted by atomic mass is 10.2. The molecule has 9 nitrogen and oxygen atoms in total. The number of aromatic nitrogens is 3. The minimum atomic E-state index is -4.27. The molecule has 0 spiro atoms. The van der Waals surface area contributed by atoms with E-state index in [1.165, 1.54) is 0 Å². The highest BCUT2D eigenvalue weighted by Crippen LogP contribution is 2.32. The minimum Gasteiger partial charge on any atom is -0.444 e. The number of fused-ring (bicyclic) bond motifs is 3. The summed E-state index contributed by atoms with van der Waals surface area (Å²) >= 11 is 0. The van der Waals surface area contributed by atoms with Crippen molar-refractivity contribution in [3.63, 3.8) is 0 Å². The average molecular weight is 490 g/mol. The third-order valence-electron chi connectivity index (χ3n) is 4.86. The van der Waals surface area contributed by atoms with Crippen LogP contribution in [0.4, 0.5) is 23.8 Å². The normalized spacial score (nSPS) is 12.3. The highest BCUT2D eigenvalue weighted by Gasteiger charge is 2.27. The lowest BCUT2D eigenvalue weighted by Gasteiger charge is -2.19. The molecule has 3 aromatic rings. The number of hydrogen-bond donors (Lipinski definition) is 1. The summed E-state index contributed by atoms with van der Waals surface area (Å²) < 4.78 is 45.2. The number of rotatable bonds is 8. The second-order valence-corrected chi connectivity index (χ2v) is 8.80. The van der Waals surface area contributed by atoms with Crippen molar-refractivity contribution in [3.05, 3.63) is 52.7 Å². The number of allylic oxidation sites excluding steroid dienone is 1. The summed E-state index contributed by atoms with van der Waals surface area (Å²) in [6, 6.07) is 7.19. The topological polar surface area (TPSA) is 118 Å². The molecule has 2 aromatic heterocycles. The first-order valence-corrected chi connectivity index (χ1v) is 11.0. The first kappa shape index (κ1) is 25.8. The van der Waals surface area contributed by atoms with Gasteiger partial charge in [-0.2, -0.15) is 13.2 Å². The van der Waals surface area contributed by atoms with Crippen LogP contribution in [-0.2, 0) is 17.7 Å². The van der Waals surface area contributed by atoms with Crippen LogP contribution < -0.4 is 5.32 Å². The van der Waals surface area contributed by atoms with Gasteiger partial charge in [0, 0.05) is 36.2 Å². The number of imidazole rings is 1. The molecular formula is C23H26F3N7O2. The predicted molar refractivity (Wildman–Crippen MR) is 126 cm³/mol. The third kappa shape index (κ3) is 7.10. The zero-order valence-corrected chi connectivity index (χ0v) is 19.6. The van der Waals surface area contributed by atoms with Gasteiger partial charge in [-0.1, -0.05) is 30.4 Å². The van der Waals surface area contributed by atoms with E-state index in [-0.39, 0.29) is 31.7 Å². The van der Waals surface area contributed by atoms with E-state index < -0.39 is 24.3 Å². The Bertz CT molecular complexity index is 1290. The number of alkyl halides is 3. The number of carbonyl (C=O) groups is 1. The second-order valence-electron chi connectivity index (χ2n) is 8.80. The maximum Gasteiger partial charge on any atom is 0.407 e. The van der Waals surface area contributed by atoms with Crippen molar-refractivity contribution in [1.29, 1.82) is 0 Å². The van der Waals surface area contributed by atoms with Crippen molar-refractivity contribution < 1.29 is 22.7 Å². The van der Waals surface area contributed by atoms with Crippen LogP contribution in [0.3, 0.4) is 0 Å². The van der Waals surface area contributed by atoms with Gasteiger partial charge in [-0.25, -0.2) is 14.8 Å². The molecule has 0 unspecified atom stereocenters. The number of aryl methyl sites for hydroxylation is 1. The van der Waals surface area contributed by atoms with E-state index in [4.69, 9.17) is 10.3 Å². The number of pyridine rings is 1. The number of nitrogens with zero attached hydrogens (tertiary/aromatic N) is 6. The molecule has 35 heavy (non-hydrogen) atoms. The maximum absolute atomic E-state index is 12.7. The van der Waals surface area contributed by atoms with E-state index in [1.54, 1.807) is 49.6 Å². The van der Waals surface area contributed by atoms with E-state index in [0.29, 0.717) is 22.4 Å². The molecule has 3 rings (SSSR count). The van der Waals surface area contributed by atoms with Crippen molar-refractivity contribution in [2.75, 3.05) is 6.54 Å². The molecular weight excluding hydrogens is 463 g/mol. The van der Waals surface area contributed by atoms with Gasteiger partial charge in [-0.05, 0) is 43.9 Å².